The Morgan fingerprint density at radius 2 is 1.90 bits per heavy atom. The Labute approximate surface area is 123 Å². The third-order valence-electron chi connectivity index (χ3n) is 4.48. The molecule has 0 radical (unpaired) electrons. The van der Waals surface area contributed by atoms with E-state index in [0.717, 1.165) is 30.1 Å². The van der Waals surface area contributed by atoms with Crippen LogP contribution < -0.4 is 0 Å². The van der Waals surface area contributed by atoms with E-state index in [1.807, 2.05) is 6.07 Å². The highest BCUT2D eigenvalue weighted by atomic mass is 19.1. The topological polar surface area (TPSA) is 3.24 Å². The Balaban J connectivity index is 1.91. The second-order valence-electron chi connectivity index (χ2n) is 6.71. The van der Waals surface area contributed by atoms with Crippen LogP contribution in [0.1, 0.15) is 63.0 Å². The Bertz CT molecular complexity index is 421. The van der Waals surface area contributed by atoms with E-state index in [9.17, 15) is 4.39 Å². The van der Waals surface area contributed by atoms with Crippen LogP contribution in [0.15, 0.2) is 18.2 Å². The van der Waals surface area contributed by atoms with E-state index >= 15 is 0 Å². The molecule has 0 heterocycles. The molecular formula is C18H28FN. The van der Waals surface area contributed by atoms with Crippen molar-refractivity contribution in [2.24, 2.45) is 5.92 Å². The van der Waals surface area contributed by atoms with Gasteiger partial charge in [0, 0.05) is 18.7 Å². The van der Waals surface area contributed by atoms with Gasteiger partial charge >= 0.3 is 0 Å². The lowest BCUT2D eigenvalue weighted by Crippen LogP contribution is -2.27. The monoisotopic (exact) mass is 277 g/mol. The second kappa shape index (κ2) is 7.21. The molecule has 1 nitrogen and oxygen atoms in total. The summed E-state index contributed by atoms with van der Waals surface area (Å²) in [6.45, 7) is 6.03. The molecule has 0 saturated heterocycles. The zero-order valence-corrected chi connectivity index (χ0v) is 13.2. The Morgan fingerprint density at radius 3 is 2.50 bits per heavy atom. The average Bonchev–Trinajstić information content (AvgIpc) is 2.42. The molecule has 1 aliphatic rings. The normalized spacial score (nSPS) is 17.1. The maximum absolute atomic E-state index is 14.1. The van der Waals surface area contributed by atoms with Gasteiger partial charge in [-0.05, 0) is 43.4 Å². The van der Waals surface area contributed by atoms with Crippen molar-refractivity contribution in [2.75, 3.05) is 13.6 Å². The van der Waals surface area contributed by atoms with Gasteiger partial charge in [-0.2, -0.15) is 0 Å². The fourth-order valence-corrected chi connectivity index (χ4v) is 3.22. The molecule has 0 N–H and O–H groups in total. The predicted octanol–water partition coefficient (Wildman–Crippen LogP) is 4.96. The predicted molar refractivity (Wildman–Crippen MR) is 83.4 cm³/mol. The van der Waals surface area contributed by atoms with Crippen molar-refractivity contribution in [1.29, 1.82) is 0 Å². The van der Waals surface area contributed by atoms with Crippen molar-refractivity contribution in [2.45, 2.75) is 58.4 Å². The lowest BCUT2D eigenvalue weighted by Gasteiger charge is -2.27. The minimum atomic E-state index is -0.0494. The van der Waals surface area contributed by atoms with Gasteiger partial charge in [0.1, 0.15) is 5.82 Å². The summed E-state index contributed by atoms with van der Waals surface area (Å²) in [5.41, 5.74) is 1.91. The van der Waals surface area contributed by atoms with Gasteiger partial charge in [-0.1, -0.05) is 45.2 Å². The standard InChI is InChI=1S/C18H28FN/c1-14(2)16-9-10-17(18(19)11-16)13-20(3)12-15-7-5-4-6-8-15/h9-11,14-15H,4-8,12-13H2,1-3H3. The number of benzene rings is 1. The summed E-state index contributed by atoms with van der Waals surface area (Å²) < 4.78 is 14.1. The minimum Gasteiger partial charge on any atom is -0.302 e. The van der Waals surface area contributed by atoms with Crippen LogP contribution in [-0.2, 0) is 6.54 Å². The molecule has 0 aliphatic heterocycles. The van der Waals surface area contributed by atoms with Crippen LogP contribution in [0.25, 0.3) is 0 Å². The summed E-state index contributed by atoms with van der Waals surface area (Å²) in [6.07, 6.45) is 6.83. The summed E-state index contributed by atoms with van der Waals surface area (Å²) in [5.74, 6) is 1.15. The molecular weight excluding hydrogens is 249 g/mol. The number of hydrogen-bond donors (Lipinski definition) is 0. The Hall–Kier alpha value is -0.890. The zero-order chi connectivity index (χ0) is 14.5. The molecule has 0 amide bonds. The first-order valence-electron chi connectivity index (χ1n) is 8.03. The summed E-state index contributed by atoms with van der Waals surface area (Å²) in [5, 5.41) is 0. The van der Waals surface area contributed by atoms with Crippen LogP contribution >= 0.6 is 0 Å². The van der Waals surface area contributed by atoms with Gasteiger partial charge in [-0.3, -0.25) is 0 Å². The van der Waals surface area contributed by atoms with Gasteiger partial charge in [0.2, 0.25) is 0 Å². The third-order valence-corrected chi connectivity index (χ3v) is 4.48. The molecule has 0 aromatic heterocycles. The highest BCUT2D eigenvalue weighted by molar-refractivity contribution is 5.26. The Morgan fingerprint density at radius 1 is 1.20 bits per heavy atom. The highest BCUT2D eigenvalue weighted by Crippen LogP contribution is 2.25. The molecule has 1 aromatic rings. The maximum Gasteiger partial charge on any atom is 0.127 e. The molecule has 1 aliphatic carbocycles. The van der Waals surface area contributed by atoms with E-state index in [0.29, 0.717) is 5.92 Å². The largest absolute Gasteiger partial charge is 0.302 e. The zero-order valence-electron chi connectivity index (χ0n) is 13.2. The fourth-order valence-electron chi connectivity index (χ4n) is 3.22. The molecule has 0 bridgehead atoms. The van der Waals surface area contributed by atoms with Crippen LogP contribution in [0, 0.1) is 11.7 Å². The SMILES string of the molecule is CC(C)c1ccc(CN(C)CC2CCCCC2)c(F)c1. The van der Waals surface area contributed by atoms with Crippen LogP contribution in [0.4, 0.5) is 4.39 Å². The van der Waals surface area contributed by atoms with Gasteiger partial charge in [0.15, 0.2) is 0 Å². The maximum atomic E-state index is 14.1. The molecule has 20 heavy (non-hydrogen) atoms. The molecule has 2 rings (SSSR count). The Kier molecular flexibility index (Phi) is 5.59. The summed E-state index contributed by atoms with van der Waals surface area (Å²) in [7, 11) is 2.12. The second-order valence-corrected chi connectivity index (χ2v) is 6.71. The summed E-state index contributed by atoms with van der Waals surface area (Å²) in [6, 6.07) is 5.73. The van der Waals surface area contributed by atoms with Gasteiger partial charge in [-0.15, -0.1) is 0 Å². The number of nitrogens with zero attached hydrogens (tertiary/aromatic N) is 1. The molecule has 0 spiro atoms. The first-order valence-corrected chi connectivity index (χ1v) is 8.03. The molecule has 1 saturated carbocycles. The molecule has 1 aromatic carbocycles. The van der Waals surface area contributed by atoms with Crippen molar-refractivity contribution < 1.29 is 4.39 Å². The van der Waals surface area contributed by atoms with E-state index in [1.54, 1.807) is 6.07 Å². The molecule has 0 unspecified atom stereocenters. The van der Waals surface area contributed by atoms with Gasteiger partial charge in [-0.25, -0.2) is 4.39 Å². The van der Waals surface area contributed by atoms with Crippen molar-refractivity contribution in [3.8, 4) is 0 Å². The lowest BCUT2D eigenvalue weighted by molar-refractivity contribution is 0.226. The van der Waals surface area contributed by atoms with Gasteiger partial charge in [0.05, 0.1) is 0 Å². The number of rotatable bonds is 5. The van der Waals surface area contributed by atoms with E-state index in [2.05, 4.69) is 31.9 Å². The minimum absolute atomic E-state index is 0.0494. The summed E-state index contributed by atoms with van der Waals surface area (Å²) >= 11 is 0. The van der Waals surface area contributed by atoms with Crippen LogP contribution in [-0.4, -0.2) is 18.5 Å². The van der Waals surface area contributed by atoms with Crippen molar-refractivity contribution in [3.05, 3.63) is 35.1 Å². The van der Waals surface area contributed by atoms with Crippen molar-refractivity contribution in [3.63, 3.8) is 0 Å². The van der Waals surface area contributed by atoms with Crippen molar-refractivity contribution in [1.82, 2.24) is 4.90 Å². The van der Waals surface area contributed by atoms with E-state index in [1.165, 1.54) is 32.1 Å². The first-order chi connectivity index (χ1) is 9.56. The van der Waals surface area contributed by atoms with Crippen LogP contribution in [0.3, 0.4) is 0 Å². The molecule has 112 valence electrons. The van der Waals surface area contributed by atoms with Crippen molar-refractivity contribution >= 4 is 0 Å². The number of hydrogen-bond acceptors (Lipinski definition) is 1. The quantitative estimate of drug-likeness (QED) is 0.735. The molecule has 1 fully saturated rings. The van der Waals surface area contributed by atoms with Gasteiger partial charge in [0.25, 0.3) is 0 Å². The van der Waals surface area contributed by atoms with Crippen LogP contribution in [0.2, 0.25) is 0 Å². The van der Waals surface area contributed by atoms with Gasteiger partial charge < -0.3 is 4.90 Å². The lowest BCUT2D eigenvalue weighted by atomic mass is 9.89. The third kappa shape index (κ3) is 4.31. The first kappa shape index (κ1) is 15.5. The van der Waals surface area contributed by atoms with E-state index in [4.69, 9.17) is 0 Å². The van der Waals surface area contributed by atoms with Crippen LogP contribution in [0.5, 0.6) is 0 Å². The molecule has 2 heteroatoms. The number of halogens is 1. The average molecular weight is 277 g/mol. The summed E-state index contributed by atoms with van der Waals surface area (Å²) in [4.78, 5) is 2.28. The molecule has 0 atom stereocenters. The van der Waals surface area contributed by atoms with E-state index in [-0.39, 0.29) is 5.82 Å². The highest BCUT2D eigenvalue weighted by Gasteiger charge is 2.16. The smallest absolute Gasteiger partial charge is 0.127 e. The fraction of sp³-hybridized carbons (Fsp3) is 0.667. The van der Waals surface area contributed by atoms with E-state index < -0.39 is 0 Å².